The molecule has 172 valence electrons. The average Bonchev–Trinajstić information content (AvgIpc) is 2.79. The molecule has 3 aromatic carbocycles. The predicted molar refractivity (Wildman–Crippen MR) is 129 cm³/mol. The van der Waals surface area contributed by atoms with Crippen LogP contribution in [0.5, 0.6) is 11.5 Å². The first-order valence-electron chi connectivity index (χ1n) is 10.9. The molecular formula is C27H30N2O4. The van der Waals surface area contributed by atoms with Gasteiger partial charge in [-0.2, -0.15) is 0 Å². The summed E-state index contributed by atoms with van der Waals surface area (Å²) in [5.41, 5.74) is 3.43. The second kappa shape index (κ2) is 10.7. The molecule has 33 heavy (non-hydrogen) atoms. The van der Waals surface area contributed by atoms with Crippen LogP contribution in [0.2, 0.25) is 0 Å². The summed E-state index contributed by atoms with van der Waals surface area (Å²) in [6.07, 6.45) is -0.812. The van der Waals surface area contributed by atoms with Crippen LogP contribution in [0.1, 0.15) is 57.4 Å². The molecule has 2 amide bonds. The van der Waals surface area contributed by atoms with Crippen LogP contribution in [-0.2, 0) is 0 Å². The molecule has 0 atom stereocenters. The van der Waals surface area contributed by atoms with Gasteiger partial charge in [0.2, 0.25) is 0 Å². The highest BCUT2D eigenvalue weighted by Crippen LogP contribution is 2.31. The van der Waals surface area contributed by atoms with Gasteiger partial charge < -0.3 is 20.1 Å². The summed E-state index contributed by atoms with van der Waals surface area (Å²) in [5.74, 6) is 0.529. The molecule has 0 aromatic heterocycles. The van der Waals surface area contributed by atoms with Crippen molar-refractivity contribution in [2.24, 2.45) is 0 Å². The molecule has 0 spiro atoms. The summed E-state index contributed by atoms with van der Waals surface area (Å²) in [7, 11) is 1.55. The Bertz CT molecular complexity index is 1080. The van der Waals surface area contributed by atoms with Gasteiger partial charge in [-0.1, -0.05) is 42.5 Å². The Labute approximate surface area is 194 Å². The molecular weight excluding hydrogens is 416 g/mol. The third-order valence-corrected chi connectivity index (χ3v) is 5.21. The Kier molecular flexibility index (Phi) is 7.72. The molecule has 3 rings (SSSR count). The molecule has 0 fully saturated rings. The van der Waals surface area contributed by atoms with Gasteiger partial charge in [-0.15, -0.1) is 0 Å². The molecule has 3 aromatic rings. The van der Waals surface area contributed by atoms with E-state index in [-0.39, 0.29) is 17.9 Å². The second-order valence-electron chi connectivity index (χ2n) is 8.09. The molecule has 0 aliphatic rings. The van der Waals surface area contributed by atoms with Gasteiger partial charge in [-0.3, -0.25) is 9.59 Å². The molecule has 0 radical (unpaired) electrons. The van der Waals surface area contributed by atoms with E-state index in [4.69, 9.17) is 9.47 Å². The molecule has 0 unspecified atom stereocenters. The minimum absolute atomic E-state index is 0.0259. The van der Waals surface area contributed by atoms with Gasteiger partial charge >= 0.3 is 0 Å². The molecule has 0 aliphatic heterocycles. The SMILES string of the molecule is COc1cc(C(NC(=O)c2ccccc2C)NC(=O)c2ccccc2C)ccc1OC(C)C. The minimum atomic E-state index is -0.786. The van der Waals surface area contributed by atoms with Crippen molar-refractivity contribution in [1.82, 2.24) is 10.6 Å². The van der Waals surface area contributed by atoms with Crippen LogP contribution in [0, 0.1) is 13.8 Å². The number of hydrogen-bond donors (Lipinski definition) is 2. The lowest BCUT2D eigenvalue weighted by Crippen LogP contribution is -2.41. The van der Waals surface area contributed by atoms with Crippen molar-refractivity contribution in [2.45, 2.75) is 40.0 Å². The molecule has 0 heterocycles. The van der Waals surface area contributed by atoms with E-state index >= 15 is 0 Å². The zero-order chi connectivity index (χ0) is 24.0. The fraction of sp³-hybridized carbons (Fsp3) is 0.259. The fourth-order valence-corrected chi connectivity index (χ4v) is 3.49. The topological polar surface area (TPSA) is 76.7 Å². The zero-order valence-corrected chi connectivity index (χ0v) is 19.6. The summed E-state index contributed by atoms with van der Waals surface area (Å²) in [6.45, 7) is 7.61. The van der Waals surface area contributed by atoms with Gasteiger partial charge in [0.15, 0.2) is 11.5 Å². The van der Waals surface area contributed by atoms with Crippen LogP contribution >= 0.6 is 0 Å². The Morgan fingerprint density at radius 1 is 0.758 bits per heavy atom. The number of ether oxygens (including phenoxy) is 2. The maximum Gasteiger partial charge on any atom is 0.253 e. The predicted octanol–water partition coefficient (Wildman–Crippen LogP) is 4.96. The summed E-state index contributed by atoms with van der Waals surface area (Å²) in [6, 6.07) is 20.0. The van der Waals surface area contributed by atoms with Crippen molar-refractivity contribution in [3.63, 3.8) is 0 Å². The largest absolute Gasteiger partial charge is 0.493 e. The molecule has 0 bridgehead atoms. The molecule has 0 saturated carbocycles. The Morgan fingerprint density at radius 3 is 1.73 bits per heavy atom. The summed E-state index contributed by atoms with van der Waals surface area (Å²) >= 11 is 0. The Balaban J connectivity index is 1.96. The minimum Gasteiger partial charge on any atom is -0.493 e. The Morgan fingerprint density at radius 2 is 1.27 bits per heavy atom. The lowest BCUT2D eigenvalue weighted by atomic mass is 10.1. The van der Waals surface area contributed by atoms with Crippen LogP contribution in [-0.4, -0.2) is 25.0 Å². The van der Waals surface area contributed by atoms with E-state index in [0.29, 0.717) is 28.2 Å². The summed E-state index contributed by atoms with van der Waals surface area (Å²) in [4.78, 5) is 26.2. The van der Waals surface area contributed by atoms with E-state index < -0.39 is 6.17 Å². The van der Waals surface area contributed by atoms with Crippen molar-refractivity contribution in [3.05, 3.63) is 94.5 Å². The third kappa shape index (κ3) is 5.92. The van der Waals surface area contributed by atoms with E-state index in [9.17, 15) is 9.59 Å². The highest BCUT2D eigenvalue weighted by Gasteiger charge is 2.22. The third-order valence-electron chi connectivity index (χ3n) is 5.21. The van der Waals surface area contributed by atoms with Gasteiger partial charge in [0.05, 0.1) is 13.2 Å². The first kappa shape index (κ1) is 23.9. The maximum atomic E-state index is 13.1. The number of amides is 2. The summed E-state index contributed by atoms with van der Waals surface area (Å²) in [5, 5.41) is 5.91. The highest BCUT2D eigenvalue weighted by atomic mass is 16.5. The van der Waals surface area contributed by atoms with Crippen LogP contribution < -0.4 is 20.1 Å². The van der Waals surface area contributed by atoms with Gasteiger partial charge in [-0.25, -0.2) is 0 Å². The number of carbonyl (C=O) groups excluding carboxylic acids is 2. The molecule has 0 saturated heterocycles. The Hall–Kier alpha value is -3.80. The highest BCUT2D eigenvalue weighted by molar-refractivity contribution is 5.98. The van der Waals surface area contributed by atoms with Gasteiger partial charge in [-0.05, 0) is 68.7 Å². The molecule has 2 N–H and O–H groups in total. The molecule has 6 nitrogen and oxygen atoms in total. The van der Waals surface area contributed by atoms with E-state index in [1.165, 1.54) is 0 Å². The number of nitrogens with one attached hydrogen (secondary N) is 2. The first-order valence-corrected chi connectivity index (χ1v) is 10.9. The van der Waals surface area contributed by atoms with Crippen molar-refractivity contribution in [3.8, 4) is 11.5 Å². The number of hydrogen-bond acceptors (Lipinski definition) is 4. The lowest BCUT2D eigenvalue weighted by molar-refractivity contribution is 0.0882. The van der Waals surface area contributed by atoms with Crippen molar-refractivity contribution in [2.75, 3.05) is 7.11 Å². The van der Waals surface area contributed by atoms with Crippen LogP contribution in [0.3, 0.4) is 0 Å². The van der Waals surface area contributed by atoms with Crippen LogP contribution in [0.25, 0.3) is 0 Å². The molecule has 6 heteroatoms. The number of rotatable bonds is 8. The standard InChI is InChI=1S/C27H30N2O4/c1-17(2)33-23-15-14-20(16-24(23)32-5)25(28-26(30)21-12-8-6-10-18(21)3)29-27(31)22-13-9-7-11-19(22)4/h6-17,25H,1-5H3,(H,28,30)(H,29,31). The number of benzene rings is 3. The van der Waals surface area contributed by atoms with Crippen molar-refractivity contribution < 1.29 is 19.1 Å². The monoisotopic (exact) mass is 446 g/mol. The number of carbonyl (C=O) groups is 2. The lowest BCUT2D eigenvalue weighted by Gasteiger charge is -2.23. The van der Waals surface area contributed by atoms with Crippen LogP contribution in [0.15, 0.2) is 66.7 Å². The first-order chi connectivity index (χ1) is 15.8. The summed E-state index contributed by atoms with van der Waals surface area (Å²) < 4.78 is 11.3. The quantitative estimate of drug-likeness (QED) is 0.480. The second-order valence-corrected chi connectivity index (χ2v) is 8.09. The van der Waals surface area contributed by atoms with Crippen molar-refractivity contribution in [1.29, 1.82) is 0 Å². The number of aryl methyl sites for hydroxylation is 2. The van der Waals surface area contributed by atoms with Crippen molar-refractivity contribution >= 4 is 11.8 Å². The fourth-order valence-electron chi connectivity index (χ4n) is 3.49. The smallest absolute Gasteiger partial charge is 0.253 e. The van der Waals surface area contributed by atoms with E-state index in [0.717, 1.165) is 11.1 Å². The normalized spacial score (nSPS) is 10.8. The average molecular weight is 447 g/mol. The van der Waals surface area contributed by atoms with Gasteiger partial charge in [0.1, 0.15) is 6.17 Å². The zero-order valence-electron chi connectivity index (χ0n) is 19.6. The van der Waals surface area contributed by atoms with Crippen LogP contribution in [0.4, 0.5) is 0 Å². The van der Waals surface area contributed by atoms with E-state index in [1.807, 2.05) is 64.1 Å². The number of methoxy groups -OCH3 is 1. The van der Waals surface area contributed by atoms with Gasteiger partial charge in [0, 0.05) is 11.1 Å². The molecule has 0 aliphatic carbocycles. The maximum absolute atomic E-state index is 13.1. The van der Waals surface area contributed by atoms with Gasteiger partial charge in [0.25, 0.3) is 11.8 Å². The van der Waals surface area contributed by atoms with E-state index in [1.54, 1.807) is 37.4 Å². The van der Waals surface area contributed by atoms with E-state index in [2.05, 4.69) is 10.6 Å².